The highest BCUT2D eigenvalue weighted by atomic mass is 16.6. The van der Waals surface area contributed by atoms with Crippen LogP contribution in [0.5, 0.6) is 0 Å². The number of rotatable bonds is 6. The van der Waals surface area contributed by atoms with E-state index in [2.05, 4.69) is 20.3 Å². The second kappa shape index (κ2) is 8.70. The maximum Gasteiger partial charge on any atom is 0.272 e. The molecule has 1 aromatic carbocycles. The fourth-order valence-electron chi connectivity index (χ4n) is 3.23. The van der Waals surface area contributed by atoms with Crippen molar-refractivity contribution in [3.63, 3.8) is 0 Å². The third kappa shape index (κ3) is 4.28. The van der Waals surface area contributed by atoms with Gasteiger partial charge in [0.1, 0.15) is 5.82 Å². The summed E-state index contributed by atoms with van der Waals surface area (Å²) in [6, 6.07) is 11.4. The van der Waals surface area contributed by atoms with Crippen molar-refractivity contribution >= 4 is 17.4 Å². The summed E-state index contributed by atoms with van der Waals surface area (Å²) in [5, 5.41) is 18.1. The predicted molar refractivity (Wildman–Crippen MR) is 109 cm³/mol. The Hall–Kier alpha value is -3.79. The molecule has 0 saturated carbocycles. The van der Waals surface area contributed by atoms with Gasteiger partial charge in [-0.1, -0.05) is 12.1 Å². The molecule has 1 fully saturated rings. The number of carbonyl (C=O) groups is 1. The van der Waals surface area contributed by atoms with Crippen LogP contribution in [0.1, 0.15) is 16.1 Å². The highest BCUT2D eigenvalue weighted by Gasteiger charge is 2.17. The summed E-state index contributed by atoms with van der Waals surface area (Å²) in [5.74, 6) is 0.499. The van der Waals surface area contributed by atoms with E-state index in [-0.39, 0.29) is 17.3 Å². The second-order valence-electron chi connectivity index (χ2n) is 6.69. The Morgan fingerprint density at radius 3 is 2.83 bits per heavy atom. The van der Waals surface area contributed by atoms with E-state index in [9.17, 15) is 14.9 Å². The van der Waals surface area contributed by atoms with Crippen LogP contribution in [-0.2, 0) is 11.3 Å². The van der Waals surface area contributed by atoms with Crippen LogP contribution >= 0.6 is 0 Å². The lowest BCUT2D eigenvalue weighted by atomic mass is 10.2. The van der Waals surface area contributed by atoms with Crippen LogP contribution in [0.25, 0.3) is 5.69 Å². The van der Waals surface area contributed by atoms with Crippen molar-refractivity contribution in [2.75, 3.05) is 31.2 Å². The van der Waals surface area contributed by atoms with Gasteiger partial charge in [-0.2, -0.15) is 5.10 Å². The monoisotopic (exact) mass is 408 g/mol. The summed E-state index contributed by atoms with van der Waals surface area (Å²) < 4.78 is 6.82. The van der Waals surface area contributed by atoms with Crippen molar-refractivity contribution in [2.45, 2.75) is 6.54 Å². The van der Waals surface area contributed by atoms with Crippen LogP contribution in [0.2, 0.25) is 0 Å². The molecule has 1 aliphatic rings. The molecule has 1 N–H and O–H groups in total. The molecule has 0 bridgehead atoms. The normalized spacial score (nSPS) is 13.8. The Balaban J connectivity index is 1.45. The maximum atomic E-state index is 12.6. The lowest BCUT2D eigenvalue weighted by molar-refractivity contribution is -0.384. The number of carbonyl (C=O) groups excluding carboxylic acids is 1. The van der Waals surface area contributed by atoms with Crippen LogP contribution in [0, 0.1) is 10.1 Å². The highest BCUT2D eigenvalue weighted by molar-refractivity contribution is 5.92. The molecule has 1 amide bonds. The zero-order valence-corrected chi connectivity index (χ0v) is 16.1. The Labute approximate surface area is 172 Å². The van der Waals surface area contributed by atoms with Crippen LogP contribution in [0.15, 0.2) is 54.9 Å². The SMILES string of the molecule is O=C(NCc1cccnc1N1CCOCC1)c1ccn(-c2cccc([N+](=O)[O-])c2)n1. The number of ether oxygens (including phenoxy) is 1. The minimum absolute atomic E-state index is 0.0405. The summed E-state index contributed by atoms with van der Waals surface area (Å²) in [7, 11) is 0. The van der Waals surface area contributed by atoms with Crippen molar-refractivity contribution < 1.29 is 14.5 Å². The van der Waals surface area contributed by atoms with E-state index in [4.69, 9.17) is 4.74 Å². The minimum Gasteiger partial charge on any atom is -0.378 e. The molecule has 10 nitrogen and oxygen atoms in total. The Morgan fingerprint density at radius 1 is 1.20 bits per heavy atom. The van der Waals surface area contributed by atoms with Crippen molar-refractivity contribution in [1.29, 1.82) is 0 Å². The average Bonchev–Trinajstić information content (AvgIpc) is 3.29. The van der Waals surface area contributed by atoms with Gasteiger partial charge in [-0.25, -0.2) is 9.67 Å². The molecule has 0 atom stereocenters. The van der Waals surface area contributed by atoms with Crippen LogP contribution in [0.4, 0.5) is 11.5 Å². The third-order valence-electron chi connectivity index (χ3n) is 4.74. The Kier molecular flexibility index (Phi) is 5.66. The fraction of sp³-hybridized carbons (Fsp3) is 0.250. The Morgan fingerprint density at radius 2 is 2.03 bits per heavy atom. The van der Waals surface area contributed by atoms with Gasteiger partial charge < -0.3 is 15.0 Å². The lowest BCUT2D eigenvalue weighted by Crippen LogP contribution is -2.37. The first kappa shape index (κ1) is 19.5. The molecule has 3 heterocycles. The van der Waals surface area contributed by atoms with Gasteiger partial charge in [0, 0.05) is 49.7 Å². The van der Waals surface area contributed by atoms with Gasteiger partial charge in [0.25, 0.3) is 11.6 Å². The van der Waals surface area contributed by atoms with E-state index in [1.807, 2.05) is 12.1 Å². The number of anilines is 1. The van der Waals surface area contributed by atoms with E-state index in [0.717, 1.165) is 24.5 Å². The van der Waals surface area contributed by atoms with Crippen molar-refractivity contribution in [3.05, 3.63) is 76.2 Å². The molecule has 30 heavy (non-hydrogen) atoms. The van der Waals surface area contributed by atoms with Gasteiger partial charge in [0.2, 0.25) is 0 Å². The van der Waals surface area contributed by atoms with Gasteiger partial charge in [0.15, 0.2) is 5.69 Å². The number of nitrogens with zero attached hydrogens (tertiary/aromatic N) is 5. The number of nitrogens with one attached hydrogen (secondary N) is 1. The number of nitro benzene ring substituents is 1. The largest absolute Gasteiger partial charge is 0.378 e. The summed E-state index contributed by atoms with van der Waals surface area (Å²) in [6.07, 6.45) is 3.33. The zero-order chi connectivity index (χ0) is 20.9. The Bertz CT molecular complexity index is 1060. The summed E-state index contributed by atoms with van der Waals surface area (Å²) >= 11 is 0. The van der Waals surface area contributed by atoms with Gasteiger partial charge >= 0.3 is 0 Å². The van der Waals surface area contributed by atoms with Crippen LogP contribution in [-0.4, -0.2) is 51.9 Å². The third-order valence-corrected chi connectivity index (χ3v) is 4.74. The topological polar surface area (TPSA) is 115 Å². The number of nitro groups is 1. The standard InChI is InChI=1S/C20H20N6O4/c27-20(18-6-8-25(23-18)16-4-1-5-17(13-16)26(28)29)22-14-15-3-2-7-21-19(15)24-9-11-30-12-10-24/h1-8,13H,9-12,14H2,(H,22,27). The number of morpholine rings is 1. The smallest absolute Gasteiger partial charge is 0.272 e. The molecule has 0 spiro atoms. The summed E-state index contributed by atoms with van der Waals surface area (Å²) in [5.41, 5.74) is 1.59. The molecule has 4 rings (SSSR count). The molecule has 0 aliphatic carbocycles. The van der Waals surface area contributed by atoms with Gasteiger partial charge in [-0.05, 0) is 18.2 Å². The number of non-ortho nitro benzene ring substituents is 1. The quantitative estimate of drug-likeness (QED) is 0.489. The van der Waals surface area contributed by atoms with E-state index >= 15 is 0 Å². The molecule has 0 radical (unpaired) electrons. The molecular formula is C20H20N6O4. The first-order chi connectivity index (χ1) is 14.6. The van der Waals surface area contributed by atoms with Crippen LogP contribution in [0.3, 0.4) is 0 Å². The van der Waals surface area contributed by atoms with E-state index in [0.29, 0.717) is 25.4 Å². The second-order valence-corrected chi connectivity index (χ2v) is 6.69. The lowest BCUT2D eigenvalue weighted by Gasteiger charge is -2.29. The van der Waals surface area contributed by atoms with Crippen molar-refractivity contribution in [1.82, 2.24) is 20.1 Å². The average molecular weight is 408 g/mol. The first-order valence-corrected chi connectivity index (χ1v) is 9.47. The highest BCUT2D eigenvalue weighted by Crippen LogP contribution is 2.19. The number of pyridine rings is 1. The van der Waals surface area contributed by atoms with E-state index in [1.54, 1.807) is 30.6 Å². The summed E-state index contributed by atoms with van der Waals surface area (Å²) in [6.45, 7) is 3.12. The fourth-order valence-corrected chi connectivity index (χ4v) is 3.23. The van der Waals surface area contributed by atoms with Crippen LogP contribution < -0.4 is 10.2 Å². The molecule has 2 aromatic heterocycles. The van der Waals surface area contributed by atoms with Gasteiger partial charge in [-0.15, -0.1) is 0 Å². The molecule has 0 unspecified atom stereocenters. The number of aromatic nitrogens is 3. The number of amides is 1. The molecule has 10 heteroatoms. The number of benzene rings is 1. The molecular weight excluding hydrogens is 388 g/mol. The van der Waals surface area contributed by atoms with Crippen molar-refractivity contribution in [3.8, 4) is 5.69 Å². The number of hydrogen-bond donors (Lipinski definition) is 1. The summed E-state index contributed by atoms with van der Waals surface area (Å²) in [4.78, 5) is 29.7. The van der Waals surface area contributed by atoms with E-state index in [1.165, 1.54) is 16.8 Å². The zero-order valence-electron chi connectivity index (χ0n) is 16.1. The molecule has 1 aliphatic heterocycles. The molecule has 3 aromatic rings. The maximum absolute atomic E-state index is 12.6. The van der Waals surface area contributed by atoms with E-state index < -0.39 is 4.92 Å². The minimum atomic E-state index is -0.472. The first-order valence-electron chi connectivity index (χ1n) is 9.47. The molecule has 1 saturated heterocycles. The predicted octanol–water partition coefficient (Wildman–Crippen LogP) is 1.94. The number of hydrogen-bond acceptors (Lipinski definition) is 7. The molecule has 154 valence electrons. The van der Waals surface area contributed by atoms with Crippen molar-refractivity contribution in [2.24, 2.45) is 0 Å². The van der Waals surface area contributed by atoms with Gasteiger partial charge in [0.05, 0.1) is 23.8 Å². The van der Waals surface area contributed by atoms with Gasteiger partial charge in [-0.3, -0.25) is 14.9 Å².